The first-order valence-corrected chi connectivity index (χ1v) is 8.33. The van der Waals surface area contributed by atoms with Crippen LogP contribution in [-0.4, -0.2) is 35.0 Å². The lowest BCUT2D eigenvalue weighted by atomic mass is 10.2. The summed E-state index contributed by atoms with van der Waals surface area (Å²) in [6.45, 7) is 3.85. The van der Waals surface area contributed by atoms with Crippen LogP contribution in [0.15, 0.2) is 36.7 Å². The maximum atomic E-state index is 12.2. The van der Waals surface area contributed by atoms with E-state index in [0.29, 0.717) is 31.0 Å². The van der Waals surface area contributed by atoms with Crippen molar-refractivity contribution in [2.24, 2.45) is 0 Å². The fourth-order valence-electron chi connectivity index (χ4n) is 2.67. The highest BCUT2D eigenvalue weighted by Crippen LogP contribution is 2.25. The highest BCUT2D eigenvalue weighted by molar-refractivity contribution is 5.92. The molecule has 1 fully saturated rings. The van der Waals surface area contributed by atoms with E-state index in [4.69, 9.17) is 9.47 Å². The molecule has 6 heteroatoms. The molecule has 1 atom stereocenters. The van der Waals surface area contributed by atoms with E-state index >= 15 is 0 Å². The summed E-state index contributed by atoms with van der Waals surface area (Å²) >= 11 is 0. The van der Waals surface area contributed by atoms with Gasteiger partial charge in [0.25, 0.3) is 0 Å². The Hall–Kier alpha value is -2.34. The van der Waals surface area contributed by atoms with Crippen molar-refractivity contribution in [2.45, 2.75) is 38.8 Å². The van der Waals surface area contributed by atoms with E-state index in [-0.39, 0.29) is 12.0 Å². The van der Waals surface area contributed by atoms with Crippen LogP contribution in [0.25, 0.3) is 0 Å². The number of amides is 1. The Morgan fingerprint density at radius 1 is 1.46 bits per heavy atom. The van der Waals surface area contributed by atoms with Crippen LogP contribution < -0.4 is 10.1 Å². The molecule has 24 heavy (non-hydrogen) atoms. The Balaban J connectivity index is 1.52. The number of aryl methyl sites for hydroxylation is 2. The van der Waals surface area contributed by atoms with Gasteiger partial charge in [-0.05, 0) is 37.5 Å². The van der Waals surface area contributed by atoms with Crippen LogP contribution >= 0.6 is 0 Å². The van der Waals surface area contributed by atoms with Gasteiger partial charge in [-0.15, -0.1) is 0 Å². The van der Waals surface area contributed by atoms with Crippen LogP contribution in [-0.2, 0) is 16.1 Å². The smallest absolute Gasteiger partial charge is 0.226 e. The molecule has 2 aromatic rings. The van der Waals surface area contributed by atoms with E-state index in [1.54, 1.807) is 10.9 Å². The quantitative estimate of drug-likeness (QED) is 0.848. The van der Waals surface area contributed by atoms with E-state index in [1.165, 1.54) is 0 Å². The van der Waals surface area contributed by atoms with Gasteiger partial charge in [0.2, 0.25) is 5.91 Å². The average molecular weight is 329 g/mol. The molecule has 1 aromatic heterocycles. The van der Waals surface area contributed by atoms with Crippen LogP contribution in [0.4, 0.5) is 5.69 Å². The van der Waals surface area contributed by atoms with E-state index in [2.05, 4.69) is 10.4 Å². The number of para-hydroxylation sites is 2. The molecule has 0 aliphatic carbocycles. The molecule has 3 rings (SSSR count). The number of hydrogen-bond donors (Lipinski definition) is 1. The van der Waals surface area contributed by atoms with Crippen molar-refractivity contribution < 1.29 is 14.3 Å². The van der Waals surface area contributed by atoms with Crippen LogP contribution in [0.5, 0.6) is 5.75 Å². The normalized spacial score (nSPS) is 17.0. The molecule has 1 aliphatic heterocycles. The van der Waals surface area contributed by atoms with Crippen molar-refractivity contribution >= 4 is 11.6 Å². The number of aromatic nitrogens is 2. The van der Waals surface area contributed by atoms with Crippen LogP contribution in [0.1, 0.15) is 24.8 Å². The van der Waals surface area contributed by atoms with Crippen LogP contribution in [0.3, 0.4) is 0 Å². The van der Waals surface area contributed by atoms with Gasteiger partial charge >= 0.3 is 0 Å². The van der Waals surface area contributed by atoms with Crippen molar-refractivity contribution in [1.82, 2.24) is 9.78 Å². The van der Waals surface area contributed by atoms with Gasteiger partial charge in [0.15, 0.2) is 0 Å². The lowest BCUT2D eigenvalue weighted by Crippen LogP contribution is -2.18. The monoisotopic (exact) mass is 329 g/mol. The van der Waals surface area contributed by atoms with Gasteiger partial charge in [-0.3, -0.25) is 9.48 Å². The molecule has 6 nitrogen and oxygen atoms in total. The zero-order valence-electron chi connectivity index (χ0n) is 13.9. The third kappa shape index (κ3) is 4.58. The molecule has 1 N–H and O–H groups in total. The summed E-state index contributed by atoms with van der Waals surface area (Å²) in [4.78, 5) is 12.2. The first-order valence-electron chi connectivity index (χ1n) is 8.33. The topological polar surface area (TPSA) is 65.4 Å². The van der Waals surface area contributed by atoms with Crippen molar-refractivity contribution in [3.63, 3.8) is 0 Å². The van der Waals surface area contributed by atoms with Crippen molar-refractivity contribution in [1.29, 1.82) is 0 Å². The van der Waals surface area contributed by atoms with Gasteiger partial charge in [0, 0.05) is 25.8 Å². The Labute approximate surface area is 141 Å². The Bertz CT molecular complexity index is 678. The molecular weight excluding hydrogens is 306 g/mol. The summed E-state index contributed by atoms with van der Waals surface area (Å²) in [5, 5.41) is 7.10. The maximum Gasteiger partial charge on any atom is 0.226 e. The van der Waals surface area contributed by atoms with E-state index in [9.17, 15) is 4.79 Å². The summed E-state index contributed by atoms with van der Waals surface area (Å²) in [6, 6.07) is 7.49. The second-order valence-corrected chi connectivity index (χ2v) is 6.02. The largest absolute Gasteiger partial charge is 0.489 e. The minimum Gasteiger partial charge on any atom is -0.489 e. The number of nitrogens with zero attached hydrogens (tertiary/aromatic N) is 2. The molecule has 1 amide bonds. The number of carbonyl (C=O) groups is 1. The number of nitrogens with one attached hydrogen (secondary N) is 1. The maximum absolute atomic E-state index is 12.2. The van der Waals surface area contributed by atoms with Crippen LogP contribution in [0.2, 0.25) is 0 Å². The van der Waals surface area contributed by atoms with E-state index in [0.717, 1.165) is 25.0 Å². The highest BCUT2D eigenvalue weighted by Gasteiger charge is 2.17. The zero-order chi connectivity index (χ0) is 16.8. The molecule has 0 saturated carbocycles. The van der Waals surface area contributed by atoms with Crippen molar-refractivity contribution in [3.05, 3.63) is 42.2 Å². The molecule has 1 aromatic carbocycles. The first-order chi connectivity index (χ1) is 11.7. The Morgan fingerprint density at radius 2 is 2.33 bits per heavy atom. The van der Waals surface area contributed by atoms with Gasteiger partial charge in [-0.25, -0.2) is 0 Å². The number of hydrogen-bond acceptors (Lipinski definition) is 4. The minimum absolute atomic E-state index is 0.0590. The summed E-state index contributed by atoms with van der Waals surface area (Å²) < 4.78 is 13.2. The summed E-state index contributed by atoms with van der Waals surface area (Å²) in [7, 11) is 0. The molecule has 2 heterocycles. The molecular formula is C18H23N3O3. The van der Waals surface area contributed by atoms with Gasteiger partial charge in [-0.1, -0.05) is 12.1 Å². The Morgan fingerprint density at radius 3 is 3.08 bits per heavy atom. The zero-order valence-corrected chi connectivity index (χ0v) is 13.9. The molecule has 0 radical (unpaired) electrons. The van der Waals surface area contributed by atoms with Gasteiger partial charge < -0.3 is 14.8 Å². The minimum atomic E-state index is -0.0590. The predicted octanol–water partition coefficient (Wildman–Crippen LogP) is 2.78. The average Bonchev–Trinajstić information content (AvgIpc) is 3.24. The molecule has 0 bridgehead atoms. The third-order valence-electron chi connectivity index (χ3n) is 3.94. The van der Waals surface area contributed by atoms with E-state index < -0.39 is 0 Å². The molecule has 1 unspecified atom stereocenters. The highest BCUT2D eigenvalue weighted by atomic mass is 16.5. The molecule has 0 spiro atoms. The summed E-state index contributed by atoms with van der Waals surface area (Å²) in [5.74, 6) is 0.618. The second kappa shape index (κ2) is 7.97. The SMILES string of the molecule is Cc1cnn(CCC(=O)Nc2ccccc2OCC2CCCO2)c1. The Kier molecular flexibility index (Phi) is 5.48. The fraction of sp³-hybridized carbons (Fsp3) is 0.444. The van der Waals surface area contributed by atoms with E-state index in [1.807, 2.05) is 37.4 Å². The predicted molar refractivity (Wildman–Crippen MR) is 91.1 cm³/mol. The number of ether oxygens (including phenoxy) is 2. The van der Waals surface area contributed by atoms with Gasteiger partial charge in [0.05, 0.1) is 18.0 Å². The van der Waals surface area contributed by atoms with Crippen molar-refractivity contribution in [3.8, 4) is 5.75 Å². The van der Waals surface area contributed by atoms with Gasteiger partial charge in [0.1, 0.15) is 12.4 Å². The molecule has 1 aliphatic rings. The number of benzene rings is 1. The number of rotatable bonds is 7. The standard InChI is InChI=1S/C18H23N3O3/c1-14-11-19-21(12-14)9-8-18(22)20-16-6-2-3-7-17(16)24-13-15-5-4-10-23-15/h2-3,6-7,11-12,15H,4-5,8-10,13H2,1H3,(H,20,22). The second-order valence-electron chi connectivity index (χ2n) is 6.02. The number of anilines is 1. The number of carbonyl (C=O) groups excluding carboxylic acids is 1. The lowest BCUT2D eigenvalue weighted by molar-refractivity contribution is -0.116. The van der Waals surface area contributed by atoms with Gasteiger partial charge in [-0.2, -0.15) is 5.10 Å². The molecule has 128 valence electrons. The first kappa shape index (κ1) is 16.5. The third-order valence-corrected chi connectivity index (χ3v) is 3.94. The van der Waals surface area contributed by atoms with Crippen LogP contribution in [0, 0.1) is 6.92 Å². The lowest BCUT2D eigenvalue weighted by Gasteiger charge is -2.15. The van der Waals surface area contributed by atoms with Crippen molar-refractivity contribution in [2.75, 3.05) is 18.5 Å². The summed E-state index contributed by atoms with van der Waals surface area (Å²) in [6.07, 6.45) is 6.33. The fourth-order valence-corrected chi connectivity index (χ4v) is 2.67. The molecule has 1 saturated heterocycles. The summed E-state index contributed by atoms with van der Waals surface area (Å²) in [5.41, 5.74) is 1.78.